The zero-order chi connectivity index (χ0) is 25.4. The highest BCUT2D eigenvalue weighted by molar-refractivity contribution is 7.80. The summed E-state index contributed by atoms with van der Waals surface area (Å²) in [5.74, 6) is 1.51. The van der Waals surface area contributed by atoms with Crippen LogP contribution in [-0.2, 0) is 11.3 Å². The summed E-state index contributed by atoms with van der Waals surface area (Å²) in [7, 11) is 0. The minimum Gasteiger partial charge on any atom is -0.454 e. The fourth-order valence-electron chi connectivity index (χ4n) is 5.73. The van der Waals surface area contributed by atoms with Gasteiger partial charge in [-0.25, -0.2) is 0 Å². The Morgan fingerprint density at radius 3 is 2.68 bits per heavy atom. The van der Waals surface area contributed by atoms with Gasteiger partial charge in [-0.05, 0) is 68.4 Å². The molecule has 6 rings (SSSR count). The van der Waals surface area contributed by atoms with Gasteiger partial charge < -0.3 is 29.0 Å². The molecule has 194 valence electrons. The molecular formula is C28H33N5O3S. The zero-order valence-corrected chi connectivity index (χ0v) is 22.2. The van der Waals surface area contributed by atoms with Crippen molar-refractivity contribution in [1.29, 1.82) is 0 Å². The normalized spacial score (nSPS) is 21.5. The van der Waals surface area contributed by atoms with E-state index in [0.29, 0.717) is 5.11 Å². The minimum absolute atomic E-state index is 0.0537. The van der Waals surface area contributed by atoms with Gasteiger partial charge in [-0.3, -0.25) is 9.88 Å². The summed E-state index contributed by atoms with van der Waals surface area (Å²) in [6.07, 6.45) is 2.95. The van der Waals surface area contributed by atoms with Gasteiger partial charge in [-0.2, -0.15) is 0 Å². The molecule has 37 heavy (non-hydrogen) atoms. The second kappa shape index (κ2) is 10.3. The van der Waals surface area contributed by atoms with Crippen molar-refractivity contribution in [2.24, 2.45) is 0 Å². The lowest BCUT2D eigenvalue weighted by Crippen LogP contribution is -2.37. The number of anilines is 1. The number of aromatic nitrogens is 2. The van der Waals surface area contributed by atoms with Crippen molar-refractivity contribution in [2.45, 2.75) is 38.9 Å². The summed E-state index contributed by atoms with van der Waals surface area (Å²) in [4.78, 5) is 9.40. The maximum absolute atomic E-state index is 5.92. The fourth-order valence-corrected chi connectivity index (χ4v) is 6.08. The molecule has 1 N–H and O–H groups in total. The number of nitrogens with zero attached hydrogens (tertiary/aromatic N) is 4. The monoisotopic (exact) mass is 519 g/mol. The van der Waals surface area contributed by atoms with Crippen molar-refractivity contribution in [3.63, 3.8) is 0 Å². The summed E-state index contributed by atoms with van der Waals surface area (Å²) in [6.45, 7) is 10.5. The first-order chi connectivity index (χ1) is 18.1. The Balaban J connectivity index is 1.33. The highest BCUT2D eigenvalue weighted by atomic mass is 32.1. The van der Waals surface area contributed by atoms with Crippen LogP contribution in [-0.4, -0.2) is 59.2 Å². The van der Waals surface area contributed by atoms with Crippen LogP contribution in [0, 0.1) is 13.8 Å². The number of benzene rings is 1. The number of morpholine rings is 1. The predicted octanol–water partition coefficient (Wildman–Crippen LogP) is 4.13. The number of aryl methyl sites for hydroxylation is 1. The summed E-state index contributed by atoms with van der Waals surface area (Å²) in [6, 6.07) is 14.3. The first kappa shape index (κ1) is 24.2. The van der Waals surface area contributed by atoms with Gasteiger partial charge >= 0.3 is 0 Å². The smallest absolute Gasteiger partial charge is 0.231 e. The number of nitrogens with one attached hydrogen (secondary N) is 1. The third kappa shape index (κ3) is 4.67. The second-order valence-corrected chi connectivity index (χ2v) is 10.2. The minimum atomic E-state index is -0.0820. The van der Waals surface area contributed by atoms with Crippen molar-refractivity contribution >= 4 is 23.0 Å². The molecule has 3 aliphatic rings. The van der Waals surface area contributed by atoms with Crippen LogP contribution in [0.1, 0.15) is 41.1 Å². The lowest BCUT2D eigenvalue weighted by atomic mass is 9.96. The molecule has 0 spiro atoms. The average molecular weight is 520 g/mol. The van der Waals surface area contributed by atoms with Crippen molar-refractivity contribution in [1.82, 2.24) is 19.8 Å². The van der Waals surface area contributed by atoms with E-state index in [9.17, 15) is 0 Å². The molecule has 3 aromatic rings. The average Bonchev–Trinajstić information content (AvgIpc) is 3.61. The van der Waals surface area contributed by atoms with Crippen LogP contribution in [0.4, 0.5) is 5.69 Å². The van der Waals surface area contributed by atoms with E-state index in [0.717, 1.165) is 68.7 Å². The van der Waals surface area contributed by atoms with Gasteiger partial charge in [-0.15, -0.1) is 0 Å². The maximum Gasteiger partial charge on any atom is 0.231 e. The van der Waals surface area contributed by atoms with Gasteiger partial charge in [0, 0.05) is 55.5 Å². The van der Waals surface area contributed by atoms with Crippen molar-refractivity contribution < 1.29 is 14.2 Å². The number of hydrogen-bond donors (Lipinski definition) is 1. The van der Waals surface area contributed by atoms with Crippen LogP contribution < -0.4 is 19.7 Å². The summed E-state index contributed by atoms with van der Waals surface area (Å²) >= 11 is 5.92. The first-order valence-corrected chi connectivity index (χ1v) is 13.4. The second-order valence-electron chi connectivity index (χ2n) is 9.82. The van der Waals surface area contributed by atoms with E-state index in [-0.39, 0.29) is 18.9 Å². The summed E-state index contributed by atoms with van der Waals surface area (Å²) < 4.78 is 19.2. The third-order valence-corrected chi connectivity index (χ3v) is 7.94. The van der Waals surface area contributed by atoms with Gasteiger partial charge in [0.05, 0.1) is 31.0 Å². The van der Waals surface area contributed by atoms with E-state index in [2.05, 4.69) is 51.7 Å². The molecule has 0 saturated carbocycles. The number of hydrogen-bond acceptors (Lipinski definition) is 6. The standard InChI is InChI=1S/C28H33N5O3S/c1-19-16-22(20(2)32(19)11-5-10-31-12-14-34-15-13-31)27-26(23-6-3-4-9-29-23)30-28(37)33(27)21-7-8-24-25(17-21)36-18-35-24/h3-4,6-9,16-17,26-27H,5,10-15,18H2,1-2H3,(H,30,37)/t26-,27-/m1/s1. The number of rotatable bonds is 7. The SMILES string of the molecule is Cc1cc([C@@H]2[C@@H](c3ccccn3)NC(=S)N2c2ccc3c(c2)OCO3)c(C)n1CCCN1CCOCC1. The van der Waals surface area contributed by atoms with Gasteiger partial charge in [0.15, 0.2) is 16.6 Å². The third-order valence-electron chi connectivity index (χ3n) is 7.62. The number of ether oxygens (including phenoxy) is 3. The van der Waals surface area contributed by atoms with Crippen LogP contribution >= 0.6 is 12.2 Å². The molecule has 3 aliphatic heterocycles. The quantitative estimate of drug-likeness (QED) is 0.468. The van der Waals surface area contributed by atoms with Crippen LogP contribution in [0.25, 0.3) is 0 Å². The fraction of sp³-hybridized carbons (Fsp3) is 0.429. The van der Waals surface area contributed by atoms with Gasteiger partial charge in [0.1, 0.15) is 0 Å². The van der Waals surface area contributed by atoms with Crippen molar-refractivity contribution in [2.75, 3.05) is 44.5 Å². The molecule has 0 aliphatic carbocycles. The first-order valence-electron chi connectivity index (χ1n) is 13.0. The molecule has 2 atom stereocenters. The Labute approximate surface area is 223 Å². The van der Waals surface area contributed by atoms with Gasteiger partial charge in [0.2, 0.25) is 6.79 Å². The number of thiocarbonyl (C=S) groups is 1. The molecule has 5 heterocycles. The number of fused-ring (bicyclic) bond motifs is 1. The highest BCUT2D eigenvalue weighted by Crippen LogP contribution is 2.45. The van der Waals surface area contributed by atoms with Crippen LogP contribution in [0.3, 0.4) is 0 Å². The highest BCUT2D eigenvalue weighted by Gasteiger charge is 2.42. The van der Waals surface area contributed by atoms with E-state index >= 15 is 0 Å². The molecule has 9 heteroatoms. The Morgan fingerprint density at radius 1 is 1.03 bits per heavy atom. The van der Waals surface area contributed by atoms with Gasteiger partial charge in [0.25, 0.3) is 0 Å². The van der Waals surface area contributed by atoms with E-state index in [1.807, 2.05) is 30.5 Å². The molecule has 0 radical (unpaired) electrons. The summed E-state index contributed by atoms with van der Waals surface area (Å²) in [5, 5.41) is 4.25. The Bertz CT molecular complexity index is 1270. The van der Waals surface area contributed by atoms with Crippen LogP contribution in [0.2, 0.25) is 0 Å². The van der Waals surface area contributed by atoms with E-state index < -0.39 is 0 Å². The van der Waals surface area contributed by atoms with E-state index in [1.54, 1.807) is 0 Å². The lowest BCUT2D eigenvalue weighted by Gasteiger charge is -2.28. The Kier molecular flexibility index (Phi) is 6.75. The molecule has 1 aromatic carbocycles. The molecule has 2 aromatic heterocycles. The molecule has 0 bridgehead atoms. The molecule has 2 saturated heterocycles. The zero-order valence-electron chi connectivity index (χ0n) is 21.4. The van der Waals surface area contributed by atoms with Crippen molar-refractivity contribution in [3.05, 3.63) is 71.3 Å². The maximum atomic E-state index is 5.92. The predicted molar refractivity (Wildman–Crippen MR) is 146 cm³/mol. The topological polar surface area (TPSA) is 64.0 Å². The van der Waals surface area contributed by atoms with Crippen LogP contribution in [0.5, 0.6) is 11.5 Å². The summed E-state index contributed by atoms with van der Waals surface area (Å²) in [5.41, 5.74) is 5.72. The van der Waals surface area contributed by atoms with E-state index in [1.165, 1.54) is 17.0 Å². The molecule has 0 unspecified atom stereocenters. The van der Waals surface area contributed by atoms with Gasteiger partial charge in [-0.1, -0.05) is 6.07 Å². The number of pyridine rings is 1. The molecule has 8 nitrogen and oxygen atoms in total. The van der Waals surface area contributed by atoms with Crippen LogP contribution in [0.15, 0.2) is 48.7 Å². The van der Waals surface area contributed by atoms with E-state index in [4.69, 9.17) is 31.4 Å². The molecule has 2 fully saturated rings. The molecular weight excluding hydrogens is 486 g/mol. The Morgan fingerprint density at radius 2 is 1.86 bits per heavy atom. The molecule has 0 amide bonds. The lowest BCUT2D eigenvalue weighted by molar-refractivity contribution is 0.0369. The largest absolute Gasteiger partial charge is 0.454 e. The van der Waals surface area contributed by atoms with Crippen molar-refractivity contribution in [3.8, 4) is 11.5 Å². The Hall–Kier alpha value is -3.14.